The molecule has 6 rings (SSSR count). The van der Waals surface area contributed by atoms with Crippen LogP contribution < -0.4 is 15.4 Å². The third-order valence-electron chi connectivity index (χ3n) is 10.1. The Morgan fingerprint density at radius 3 is 2.27 bits per heavy atom. The summed E-state index contributed by atoms with van der Waals surface area (Å²) in [5.74, 6) is -4.68. The van der Waals surface area contributed by atoms with Crippen molar-refractivity contribution in [2.75, 3.05) is 56.6 Å². The first-order valence-electron chi connectivity index (χ1n) is 17.7. The van der Waals surface area contributed by atoms with Crippen LogP contribution in [-0.4, -0.2) is 94.3 Å². The van der Waals surface area contributed by atoms with Crippen molar-refractivity contribution < 1.29 is 23.1 Å². The summed E-state index contributed by atoms with van der Waals surface area (Å²) in [6, 6.07) is 3.89. The van der Waals surface area contributed by atoms with E-state index in [4.69, 9.17) is 0 Å². The Balaban J connectivity index is 1.79. The maximum Gasteiger partial charge on any atom is 0.281 e. The van der Waals surface area contributed by atoms with Crippen molar-refractivity contribution in [2.45, 2.75) is 65.0 Å². The van der Waals surface area contributed by atoms with Crippen LogP contribution in [0.2, 0.25) is 0 Å². The quantitative estimate of drug-likeness (QED) is 0.205. The maximum atomic E-state index is 17.6. The molecule has 1 N–H and O–H groups in total. The average molecular weight is 718 g/mol. The number of phenols is 1. The molecule has 1 amide bonds. The highest BCUT2D eigenvalue weighted by molar-refractivity contribution is 6.03. The first-order valence-corrected chi connectivity index (χ1v) is 17.7. The summed E-state index contributed by atoms with van der Waals surface area (Å²) < 4.78 is 50.9. The minimum absolute atomic E-state index is 0.0930. The molecule has 4 aromatic rings. The van der Waals surface area contributed by atoms with Crippen molar-refractivity contribution in [3.05, 3.63) is 82.4 Å². The van der Waals surface area contributed by atoms with Gasteiger partial charge in [-0.25, -0.2) is 23.1 Å². The van der Waals surface area contributed by atoms with Crippen LogP contribution in [0.4, 0.5) is 24.5 Å². The van der Waals surface area contributed by atoms with Crippen LogP contribution in [0.5, 0.6) is 5.75 Å². The first-order chi connectivity index (χ1) is 24.7. The van der Waals surface area contributed by atoms with Crippen molar-refractivity contribution in [3.63, 3.8) is 0 Å². The zero-order valence-corrected chi connectivity index (χ0v) is 30.8. The highest BCUT2D eigenvalue weighted by atomic mass is 19.1. The number of fused-ring (bicyclic) bond motifs is 5. The zero-order valence-electron chi connectivity index (χ0n) is 30.8. The molecule has 2 atom stereocenters. The Morgan fingerprint density at radius 1 is 1.00 bits per heavy atom. The van der Waals surface area contributed by atoms with Crippen LogP contribution in [-0.2, 0) is 4.79 Å². The summed E-state index contributed by atoms with van der Waals surface area (Å²) >= 11 is 0. The molecule has 0 spiro atoms. The molecule has 2 aromatic carbocycles. The third-order valence-corrected chi connectivity index (χ3v) is 10.1. The monoisotopic (exact) mass is 717 g/mol. The molecule has 2 aliphatic rings. The number of carbonyl (C=O) groups is 1. The number of aromatic hydroxyl groups is 1. The lowest BCUT2D eigenvalue weighted by Crippen LogP contribution is -2.64. The Morgan fingerprint density at radius 2 is 1.67 bits per heavy atom. The number of rotatable bonds is 9. The van der Waals surface area contributed by atoms with Gasteiger partial charge in [0.15, 0.2) is 5.82 Å². The highest BCUT2D eigenvalue weighted by Gasteiger charge is 2.43. The van der Waals surface area contributed by atoms with E-state index in [0.29, 0.717) is 43.1 Å². The second-order valence-electron chi connectivity index (χ2n) is 14.7. The number of benzene rings is 2. The number of anilines is 2. The zero-order chi connectivity index (χ0) is 37.8. The number of hydrogen-bond donors (Lipinski definition) is 1. The second kappa shape index (κ2) is 14.3. The van der Waals surface area contributed by atoms with E-state index in [1.165, 1.54) is 23.0 Å². The molecular formula is C39H46F3N7O3. The summed E-state index contributed by atoms with van der Waals surface area (Å²) in [4.78, 5) is 45.2. The minimum atomic E-state index is -1.21. The van der Waals surface area contributed by atoms with Crippen molar-refractivity contribution in [2.24, 2.45) is 0 Å². The molecule has 10 nitrogen and oxygen atoms in total. The predicted octanol–water partition coefficient (Wildman–Crippen LogP) is 6.18. The molecular weight excluding hydrogens is 671 g/mol. The van der Waals surface area contributed by atoms with Gasteiger partial charge < -0.3 is 24.7 Å². The summed E-state index contributed by atoms with van der Waals surface area (Å²) in [7, 11) is 3.92. The fourth-order valence-electron chi connectivity index (χ4n) is 7.72. The van der Waals surface area contributed by atoms with Gasteiger partial charge in [0.1, 0.15) is 29.4 Å². The van der Waals surface area contributed by atoms with Gasteiger partial charge in [0, 0.05) is 37.6 Å². The Hall–Kier alpha value is -4.91. The van der Waals surface area contributed by atoms with Gasteiger partial charge in [0.25, 0.3) is 5.56 Å². The van der Waals surface area contributed by atoms with Gasteiger partial charge in [-0.1, -0.05) is 40.3 Å². The largest absolute Gasteiger partial charge is 0.507 e. The molecule has 2 aliphatic heterocycles. The van der Waals surface area contributed by atoms with E-state index in [9.17, 15) is 9.90 Å². The normalized spacial score (nSPS) is 17.4. The molecule has 0 saturated carbocycles. The number of piperazine rings is 1. The molecule has 0 radical (unpaired) electrons. The summed E-state index contributed by atoms with van der Waals surface area (Å²) in [6.07, 6.45) is 3.37. The minimum Gasteiger partial charge on any atom is -0.507 e. The molecule has 2 aromatic heterocycles. The van der Waals surface area contributed by atoms with E-state index in [2.05, 4.69) is 16.5 Å². The number of amides is 1. The summed E-state index contributed by atoms with van der Waals surface area (Å²) in [5, 5.41) is 10.8. The molecule has 4 heterocycles. The molecule has 0 bridgehead atoms. The molecule has 52 heavy (non-hydrogen) atoms. The molecule has 2 unspecified atom stereocenters. The van der Waals surface area contributed by atoms with E-state index < -0.39 is 39.9 Å². The molecule has 1 saturated heterocycles. The Bertz CT molecular complexity index is 2070. The van der Waals surface area contributed by atoms with Gasteiger partial charge >= 0.3 is 0 Å². The Labute approximate surface area is 301 Å². The molecule has 0 aliphatic carbocycles. The van der Waals surface area contributed by atoms with E-state index in [0.717, 1.165) is 24.7 Å². The number of pyridine rings is 1. The fourth-order valence-corrected chi connectivity index (χ4v) is 7.72. The lowest BCUT2D eigenvalue weighted by molar-refractivity contribution is -0.128. The third kappa shape index (κ3) is 6.18. The lowest BCUT2D eigenvalue weighted by Gasteiger charge is -2.52. The van der Waals surface area contributed by atoms with Crippen molar-refractivity contribution in [1.29, 1.82) is 0 Å². The van der Waals surface area contributed by atoms with E-state index in [1.807, 2.05) is 63.4 Å². The fraction of sp³-hybridized carbons (Fsp3) is 0.436. The lowest BCUT2D eigenvalue weighted by atomic mass is 9.94. The highest BCUT2D eigenvalue weighted by Crippen LogP contribution is 2.46. The SMILES string of the molecule is C=CC(=O)N1CC2CN(CCCN(C)C)c3c(c4cc(F)c(-c5c(O)cccc5F)c(F)c4n(-c4c(C(C)C)ncnc4C(C)C)c3=O)N2CC1C. The van der Waals surface area contributed by atoms with Crippen LogP contribution in [0.3, 0.4) is 0 Å². The number of nitrogens with zero attached hydrogens (tertiary/aromatic N) is 7. The van der Waals surface area contributed by atoms with Gasteiger partial charge in [0.2, 0.25) is 5.91 Å². The average Bonchev–Trinajstić information content (AvgIpc) is 3.08. The smallest absolute Gasteiger partial charge is 0.281 e. The number of aromatic nitrogens is 3. The van der Waals surface area contributed by atoms with Crippen LogP contribution in [0.25, 0.3) is 27.7 Å². The maximum absolute atomic E-state index is 17.6. The van der Waals surface area contributed by atoms with Gasteiger partial charge in [-0.15, -0.1) is 0 Å². The second-order valence-corrected chi connectivity index (χ2v) is 14.7. The van der Waals surface area contributed by atoms with Crippen LogP contribution in [0, 0.1) is 17.5 Å². The van der Waals surface area contributed by atoms with Crippen LogP contribution in [0.15, 0.2) is 48.0 Å². The number of halogens is 3. The standard InChI is InChI=1S/C39H46F3N7O3/c1-9-29(51)47-19-24-18-46(15-11-14-45(7)8)38-36(48(24)17-23(47)6)25-16-27(41)31(30-26(40)12-10-13-28(30)50)32(42)35(25)49(39(38)52)37-33(21(2)3)43-20-44-34(37)22(4)5/h9-10,12-13,16,20-24,50H,1,11,14-15,17-19H2,2-8H3. The summed E-state index contributed by atoms with van der Waals surface area (Å²) in [6.45, 7) is 15.3. The number of carbonyl (C=O) groups excluding carboxylic acids is 1. The number of phenolic OH excluding ortho intramolecular Hbond substituents is 1. The Kier molecular flexibility index (Phi) is 10.1. The van der Waals surface area contributed by atoms with Crippen molar-refractivity contribution in [3.8, 4) is 22.6 Å². The first kappa shape index (κ1) is 36.9. The van der Waals surface area contributed by atoms with Crippen molar-refractivity contribution in [1.82, 2.24) is 24.3 Å². The summed E-state index contributed by atoms with van der Waals surface area (Å²) in [5.41, 5.74) is -0.429. The van der Waals surface area contributed by atoms with Gasteiger partial charge in [-0.3, -0.25) is 14.2 Å². The predicted molar refractivity (Wildman–Crippen MR) is 198 cm³/mol. The van der Waals surface area contributed by atoms with Gasteiger partial charge in [-0.05, 0) is 70.1 Å². The van der Waals surface area contributed by atoms with Gasteiger partial charge in [-0.2, -0.15) is 0 Å². The van der Waals surface area contributed by atoms with Crippen LogP contribution in [0.1, 0.15) is 64.3 Å². The van der Waals surface area contributed by atoms with E-state index in [1.54, 1.807) is 4.90 Å². The van der Waals surface area contributed by atoms with Crippen LogP contribution >= 0.6 is 0 Å². The molecule has 1 fully saturated rings. The van der Waals surface area contributed by atoms with E-state index >= 15 is 18.0 Å². The van der Waals surface area contributed by atoms with Gasteiger partial charge in [0.05, 0.1) is 45.4 Å². The number of hydrogen-bond acceptors (Lipinski definition) is 8. The molecule has 276 valence electrons. The molecule has 13 heteroatoms. The topological polar surface area (TPSA) is 98.0 Å². The van der Waals surface area contributed by atoms with E-state index in [-0.39, 0.29) is 58.6 Å². The van der Waals surface area contributed by atoms with Crippen molar-refractivity contribution >= 4 is 28.2 Å².